The number of aromatic nitrogens is 2. The predicted octanol–water partition coefficient (Wildman–Crippen LogP) is 3.96. The quantitative estimate of drug-likeness (QED) is 0.666. The van der Waals surface area contributed by atoms with Crippen molar-refractivity contribution in [2.75, 3.05) is 45.9 Å². The van der Waals surface area contributed by atoms with E-state index in [0.717, 1.165) is 37.1 Å². The molecule has 0 saturated carbocycles. The lowest BCUT2D eigenvalue weighted by atomic mass is 9.84. The second-order valence-corrected chi connectivity index (χ2v) is 9.18. The van der Waals surface area contributed by atoms with Crippen molar-refractivity contribution >= 4 is 18.4 Å². The van der Waals surface area contributed by atoms with Gasteiger partial charge in [-0.1, -0.05) is 17.3 Å². The van der Waals surface area contributed by atoms with E-state index in [4.69, 9.17) is 9.26 Å². The van der Waals surface area contributed by atoms with E-state index < -0.39 is 11.7 Å². The highest BCUT2D eigenvalue weighted by atomic mass is 35.5. The number of alkyl halides is 3. The van der Waals surface area contributed by atoms with Crippen LogP contribution in [-0.4, -0.2) is 71.9 Å². The number of likely N-dealkylation sites (tertiary alicyclic amines) is 1. The van der Waals surface area contributed by atoms with Crippen LogP contribution in [0.2, 0.25) is 0 Å². The standard InChI is InChI=1S/C23H28F3N5O3.ClH/c24-23(25,26)18-5-3-15(4-6-18)16-12-17(20-28-21(34-29-20)19-2-1-7-27-19)14-31(13-16)22(32)30-8-10-33-11-9-30;/h3-6,16-17,19,27H,1-2,7-14H2;1H. The largest absolute Gasteiger partial charge is 0.416 e. The fourth-order valence-corrected chi connectivity index (χ4v) is 5.03. The van der Waals surface area contributed by atoms with Gasteiger partial charge in [-0.25, -0.2) is 4.79 Å². The number of ether oxygens (including phenoxy) is 1. The van der Waals surface area contributed by atoms with E-state index in [0.29, 0.717) is 57.5 Å². The lowest BCUT2D eigenvalue weighted by Crippen LogP contribution is -2.52. The first kappa shape index (κ1) is 25.7. The van der Waals surface area contributed by atoms with Crippen molar-refractivity contribution in [1.29, 1.82) is 0 Å². The molecular weight excluding hydrogens is 487 g/mol. The molecule has 2 aromatic rings. The molecule has 1 aromatic carbocycles. The minimum atomic E-state index is -4.39. The van der Waals surface area contributed by atoms with Gasteiger partial charge in [0, 0.05) is 38.0 Å². The molecule has 3 saturated heterocycles. The van der Waals surface area contributed by atoms with Crippen LogP contribution in [-0.2, 0) is 10.9 Å². The Labute approximate surface area is 207 Å². The average molecular weight is 516 g/mol. The molecule has 3 aliphatic rings. The summed E-state index contributed by atoms with van der Waals surface area (Å²) in [5.41, 5.74) is 0.0791. The number of halogens is 4. The molecule has 4 heterocycles. The van der Waals surface area contributed by atoms with Gasteiger partial charge in [0.15, 0.2) is 5.82 Å². The number of nitrogens with one attached hydrogen (secondary N) is 1. The second-order valence-electron chi connectivity index (χ2n) is 9.18. The van der Waals surface area contributed by atoms with Crippen molar-refractivity contribution in [2.45, 2.75) is 43.3 Å². The Balaban J connectivity index is 0.00000289. The van der Waals surface area contributed by atoms with Crippen molar-refractivity contribution in [3.05, 3.63) is 47.1 Å². The summed E-state index contributed by atoms with van der Waals surface area (Å²) in [7, 11) is 0. The Morgan fingerprint density at radius 3 is 2.43 bits per heavy atom. The van der Waals surface area contributed by atoms with E-state index >= 15 is 0 Å². The van der Waals surface area contributed by atoms with Gasteiger partial charge in [0.2, 0.25) is 5.89 Å². The Hall–Kier alpha value is -2.37. The Morgan fingerprint density at radius 2 is 1.77 bits per heavy atom. The van der Waals surface area contributed by atoms with Gasteiger partial charge in [0.05, 0.1) is 24.8 Å². The molecule has 3 fully saturated rings. The van der Waals surface area contributed by atoms with Gasteiger partial charge in [-0.05, 0) is 43.5 Å². The zero-order valence-electron chi connectivity index (χ0n) is 19.2. The summed E-state index contributed by atoms with van der Waals surface area (Å²) in [6.07, 6.45) is -1.79. The second kappa shape index (κ2) is 10.7. The number of morpholine rings is 1. The van der Waals surface area contributed by atoms with Crippen molar-refractivity contribution in [3.63, 3.8) is 0 Å². The first-order valence-corrected chi connectivity index (χ1v) is 11.7. The fourth-order valence-electron chi connectivity index (χ4n) is 5.03. The first-order chi connectivity index (χ1) is 16.4. The Bertz CT molecular complexity index is 991. The first-order valence-electron chi connectivity index (χ1n) is 11.7. The summed E-state index contributed by atoms with van der Waals surface area (Å²) in [6, 6.07) is 5.18. The number of nitrogens with zero attached hydrogens (tertiary/aromatic N) is 4. The molecule has 1 aromatic heterocycles. The van der Waals surface area contributed by atoms with Gasteiger partial charge in [-0.15, -0.1) is 12.4 Å². The molecular formula is C23H29ClF3N5O3. The molecule has 12 heteroatoms. The number of carbonyl (C=O) groups excluding carboxylic acids is 1. The average Bonchev–Trinajstić information content (AvgIpc) is 3.56. The van der Waals surface area contributed by atoms with Gasteiger partial charge >= 0.3 is 12.2 Å². The summed E-state index contributed by atoms with van der Waals surface area (Å²) in [6.45, 7) is 3.79. The molecule has 0 aliphatic carbocycles. The number of urea groups is 1. The molecule has 3 aliphatic heterocycles. The van der Waals surface area contributed by atoms with Crippen LogP contribution in [0.3, 0.4) is 0 Å². The predicted molar refractivity (Wildman–Crippen MR) is 122 cm³/mol. The molecule has 0 spiro atoms. The summed E-state index contributed by atoms with van der Waals surface area (Å²) in [5.74, 6) is 0.776. The molecule has 35 heavy (non-hydrogen) atoms. The van der Waals surface area contributed by atoms with Crippen LogP contribution >= 0.6 is 12.4 Å². The molecule has 2 amide bonds. The Kier molecular flexibility index (Phi) is 7.87. The van der Waals surface area contributed by atoms with Crippen LogP contribution in [0.5, 0.6) is 0 Å². The molecule has 5 rings (SSSR count). The van der Waals surface area contributed by atoms with Crippen LogP contribution < -0.4 is 5.32 Å². The van der Waals surface area contributed by atoms with Gasteiger partial charge < -0.3 is 24.4 Å². The third kappa shape index (κ3) is 5.73. The van der Waals surface area contributed by atoms with E-state index in [1.807, 2.05) is 0 Å². The highest BCUT2D eigenvalue weighted by Gasteiger charge is 2.37. The van der Waals surface area contributed by atoms with Gasteiger partial charge in [-0.3, -0.25) is 0 Å². The van der Waals surface area contributed by atoms with E-state index in [2.05, 4.69) is 15.5 Å². The number of amides is 2. The van der Waals surface area contributed by atoms with Crippen LogP contribution in [0.25, 0.3) is 0 Å². The maximum atomic E-state index is 13.3. The third-order valence-corrected chi connectivity index (χ3v) is 6.89. The molecule has 3 unspecified atom stereocenters. The van der Waals surface area contributed by atoms with E-state index in [-0.39, 0.29) is 36.3 Å². The zero-order valence-corrected chi connectivity index (χ0v) is 20.0. The van der Waals surface area contributed by atoms with E-state index in [9.17, 15) is 18.0 Å². The Morgan fingerprint density at radius 1 is 1.06 bits per heavy atom. The summed E-state index contributed by atoms with van der Waals surface area (Å²) >= 11 is 0. The van der Waals surface area contributed by atoms with Crippen molar-refractivity contribution in [3.8, 4) is 0 Å². The molecule has 1 N–H and O–H groups in total. The van der Waals surface area contributed by atoms with E-state index in [1.54, 1.807) is 9.80 Å². The molecule has 8 nitrogen and oxygen atoms in total. The number of hydrogen-bond donors (Lipinski definition) is 1. The van der Waals surface area contributed by atoms with Crippen molar-refractivity contribution < 1.29 is 27.2 Å². The smallest absolute Gasteiger partial charge is 0.378 e. The van der Waals surface area contributed by atoms with Crippen molar-refractivity contribution in [2.24, 2.45) is 0 Å². The molecule has 192 valence electrons. The van der Waals surface area contributed by atoms with Gasteiger partial charge in [0.1, 0.15) is 0 Å². The highest BCUT2D eigenvalue weighted by molar-refractivity contribution is 5.85. The number of carbonyl (C=O) groups is 1. The normalized spacial score (nSPS) is 25.4. The number of piperidine rings is 1. The lowest BCUT2D eigenvalue weighted by Gasteiger charge is -2.40. The minimum Gasteiger partial charge on any atom is -0.378 e. The number of hydrogen-bond acceptors (Lipinski definition) is 6. The van der Waals surface area contributed by atoms with Crippen LogP contribution in [0, 0.1) is 0 Å². The number of rotatable bonds is 3. The van der Waals surface area contributed by atoms with Crippen LogP contribution in [0.1, 0.15) is 60.0 Å². The minimum absolute atomic E-state index is 0. The van der Waals surface area contributed by atoms with Crippen LogP contribution in [0.4, 0.5) is 18.0 Å². The van der Waals surface area contributed by atoms with Crippen LogP contribution in [0.15, 0.2) is 28.8 Å². The maximum absolute atomic E-state index is 13.3. The summed E-state index contributed by atoms with van der Waals surface area (Å²) in [5, 5.41) is 7.56. The topological polar surface area (TPSA) is 83.7 Å². The van der Waals surface area contributed by atoms with E-state index in [1.165, 1.54) is 12.1 Å². The monoisotopic (exact) mass is 515 g/mol. The third-order valence-electron chi connectivity index (χ3n) is 6.89. The number of benzene rings is 1. The lowest BCUT2D eigenvalue weighted by molar-refractivity contribution is -0.137. The zero-order chi connectivity index (χ0) is 23.7. The SMILES string of the molecule is Cl.O=C(N1CCOCC1)N1CC(c2ccc(C(F)(F)F)cc2)CC(c2noc(C3CCCN3)n2)C1. The maximum Gasteiger partial charge on any atom is 0.416 e. The van der Waals surface area contributed by atoms with Gasteiger partial charge in [-0.2, -0.15) is 18.2 Å². The van der Waals surface area contributed by atoms with Gasteiger partial charge in [0.25, 0.3) is 0 Å². The summed E-state index contributed by atoms with van der Waals surface area (Å²) < 4.78 is 50.0. The molecule has 0 bridgehead atoms. The molecule has 3 atom stereocenters. The molecule has 0 radical (unpaired) electrons. The highest BCUT2D eigenvalue weighted by Crippen LogP contribution is 2.37. The summed E-state index contributed by atoms with van der Waals surface area (Å²) in [4.78, 5) is 21.4. The van der Waals surface area contributed by atoms with Crippen molar-refractivity contribution in [1.82, 2.24) is 25.3 Å². The fraction of sp³-hybridized carbons (Fsp3) is 0.609.